The summed E-state index contributed by atoms with van der Waals surface area (Å²) in [6.07, 6.45) is 1.78. The number of fused-ring (bicyclic) bond motifs is 2. The highest BCUT2D eigenvalue weighted by molar-refractivity contribution is 8.19. The van der Waals surface area contributed by atoms with Gasteiger partial charge in [0.25, 0.3) is 5.91 Å². The molecule has 3 aromatic rings. The molecule has 1 saturated heterocycles. The van der Waals surface area contributed by atoms with Gasteiger partial charge in [0.15, 0.2) is 5.17 Å². The van der Waals surface area contributed by atoms with Crippen LogP contribution < -0.4 is 4.90 Å². The van der Waals surface area contributed by atoms with Crippen LogP contribution in [0.2, 0.25) is 0 Å². The van der Waals surface area contributed by atoms with E-state index in [2.05, 4.69) is 22.0 Å². The number of pyridine rings is 1. The molecular formula is C21H16N4OS2. The smallest absolute Gasteiger partial charge is 0.269 e. The summed E-state index contributed by atoms with van der Waals surface area (Å²) in [5.74, 6) is -0.0200. The highest BCUT2D eigenvalue weighted by Gasteiger charge is 2.37. The van der Waals surface area contributed by atoms with Crippen LogP contribution in [0.3, 0.4) is 0 Å². The Kier molecular flexibility index (Phi) is 4.14. The number of amides is 1. The van der Waals surface area contributed by atoms with Gasteiger partial charge in [0.2, 0.25) is 0 Å². The lowest BCUT2D eigenvalue weighted by Crippen LogP contribution is -2.24. The first-order chi connectivity index (χ1) is 13.6. The Bertz CT molecular complexity index is 1190. The molecule has 2 aliphatic heterocycles. The molecule has 0 aliphatic carbocycles. The third kappa shape index (κ3) is 2.78. The second kappa shape index (κ2) is 6.68. The third-order valence-corrected chi connectivity index (χ3v) is 7.21. The van der Waals surface area contributed by atoms with Crippen LogP contribution in [0, 0.1) is 0 Å². The van der Waals surface area contributed by atoms with E-state index in [9.17, 15) is 4.79 Å². The number of carbonyl (C=O) groups excluding carboxylic acids is 1. The fourth-order valence-electron chi connectivity index (χ4n) is 3.22. The third-order valence-electron chi connectivity index (χ3n) is 4.72. The Balaban J connectivity index is 1.51. The molecule has 1 fully saturated rings. The highest BCUT2D eigenvalue weighted by atomic mass is 32.2. The zero-order chi connectivity index (χ0) is 19.3. The van der Waals surface area contributed by atoms with Crippen LogP contribution in [0.4, 0.5) is 11.4 Å². The molecule has 2 aliphatic rings. The molecule has 7 heteroatoms. The number of benzene rings is 2. The standard InChI is InChI=1S/C21H16N4OS2/c1-24-16-7-3-4-8-17(16)27-20(24)18-19(26)25(2)21(28-18)23-14-9-10-15-13(12-14)6-5-11-22-15/h3-12H,1-2H3. The van der Waals surface area contributed by atoms with E-state index in [0.29, 0.717) is 10.1 Å². The van der Waals surface area contributed by atoms with Gasteiger partial charge in [0, 0.05) is 30.6 Å². The van der Waals surface area contributed by atoms with E-state index in [-0.39, 0.29) is 5.91 Å². The molecule has 1 amide bonds. The summed E-state index contributed by atoms with van der Waals surface area (Å²) in [7, 11) is 3.78. The van der Waals surface area contributed by atoms with E-state index in [1.54, 1.807) is 29.9 Å². The van der Waals surface area contributed by atoms with E-state index in [1.807, 2.05) is 49.5 Å². The molecule has 0 spiro atoms. The van der Waals surface area contributed by atoms with Crippen molar-refractivity contribution in [2.24, 2.45) is 4.99 Å². The summed E-state index contributed by atoms with van der Waals surface area (Å²) in [5, 5.41) is 2.66. The summed E-state index contributed by atoms with van der Waals surface area (Å²) in [5.41, 5.74) is 2.86. The van der Waals surface area contributed by atoms with Crippen molar-refractivity contribution in [2.75, 3.05) is 19.0 Å². The van der Waals surface area contributed by atoms with Crippen molar-refractivity contribution < 1.29 is 4.79 Å². The normalized spacial score (nSPS) is 20.5. The van der Waals surface area contributed by atoms with Gasteiger partial charge < -0.3 is 4.90 Å². The molecule has 0 radical (unpaired) electrons. The van der Waals surface area contributed by atoms with Gasteiger partial charge >= 0.3 is 0 Å². The van der Waals surface area contributed by atoms with E-state index < -0.39 is 0 Å². The van der Waals surface area contributed by atoms with Crippen LogP contribution in [0.5, 0.6) is 0 Å². The number of rotatable bonds is 1. The predicted octanol–water partition coefficient (Wildman–Crippen LogP) is 4.84. The molecule has 5 nitrogen and oxygen atoms in total. The van der Waals surface area contributed by atoms with Crippen LogP contribution in [-0.4, -0.2) is 35.1 Å². The molecule has 0 atom stereocenters. The zero-order valence-electron chi connectivity index (χ0n) is 15.3. The lowest BCUT2D eigenvalue weighted by molar-refractivity contribution is -0.121. The Hall–Kier alpha value is -2.77. The van der Waals surface area contributed by atoms with E-state index in [1.165, 1.54) is 11.8 Å². The molecular weight excluding hydrogens is 388 g/mol. The van der Waals surface area contributed by atoms with Crippen molar-refractivity contribution in [2.45, 2.75) is 4.90 Å². The second-order valence-electron chi connectivity index (χ2n) is 6.50. The van der Waals surface area contributed by atoms with Gasteiger partial charge in [-0.2, -0.15) is 0 Å². The number of hydrogen-bond acceptors (Lipinski definition) is 6. The van der Waals surface area contributed by atoms with Crippen molar-refractivity contribution in [3.05, 3.63) is 70.7 Å². The summed E-state index contributed by atoms with van der Waals surface area (Å²) in [6, 6.07) is 18.0. The minimum atomic E-state index is -0.0200. The number of aliphatic imine (C=N–C) groups is 1. The largest absolute Gasteiger partial charge is 0.337 e. The lowest BCUT2D eigenvalue weighted by atomic mass is 10.2. The van der Waals surface area contributed by atoms with Crippen molar-refractivity contribution in [3.8, 4) is 0 Å². The molecule has 0 unspecified atom stereocenters. The van der Waals surface area contributed by atoms with Crippen molar-refractivity contribution in [1.29, 1.82) is 0 Å². The Labute approximate surface area is 171 Å². The van der Waals surface area contributed by atoms with Crippen LogP contribution in [0.25, 0.3) is 10.9 Å². The van der Waals surface area contributed by atoms with E-state index >= 15 is 0 Å². The summed E-state index contributed by atoms with van der Waals surface area (Å²) in [6.45, 7) is 0. The average Bonchev–Trinajstić information content (AvgIpc) is 3.19. The minimum Gasteiger partial charge on any atom is -0.337 e. The predicted molar refractivity (Wildman–Crippen MR) is 117 cm³/mol. The maximum absolute atomic E-state index is 12.9. The summed E-state index contributed by atoms with van der Waals surface area (Å²) in [4.78, 5) is 27.6. The number of likely N-dealkylation sites (N-methyl/N-ethyl adjacent to an activating group) is 1. The zero-order valence-corrected chi connectivity index (χ0v) is 16.9. The maximum Gasteiger partial charge on any atom is 0.269 e. The number of carbonyl (C=O) groups is 1. The Morgan fingerprint density at radius 1 is 0.964 bits per heavy atom. The van der Waals surface area contributed by atoms with Crippen LogP contribution in [0.15, 0.2) is 80.6 Å². The molecule has 0 N–H and O–H groups in total. The number of amidine groups is 1. The number of thioether (sulfide) groups is 2. The first-order valence-electron chi connectivity index (χ1n) is 8.76. The molecule has 28 heavy (non-hydrogen) atoms. The van der Waals surface area contributed by atoms with Gasteiger partial charge in [0.1, 0.15) is 4.91 Å². The topological polar surface area (TPSA) is 48.8 Å². The molecule has 5 rings (SSSR count). The summed E-state index contributed by atoms with van der Waals surface area (Å²) >= 11 is 3.06. The van der Waals surface area contributed by atoms with E-state index in [4.69, 9.17) is 4.99 Å². The maximum atomic E-state index is 12.9. The number of hydrogen-bond donors (Lipinski definition) is 0. The molecule has 138 valence electrons. The van der Waals surface area contributed by atoms with Gasteiger partial charge in [-0.3, -0.25) is 14.7 Å². The van der Waals surface area contributed by atoms with Gasteiger partial charge in [-0.1, -0.05) is 30.0 Å². The fraction of sp³-hybridized carbons (Fsp3) is 0.0952. The minimum absolute atomic E-state index is 0.0200. The highest BCUT2D eigenvalue weighted by Crippen LogP contribution is 2.49. The lowest BCUT2D eigenvalue weighted by Gasteiger charge is -2.14. The van der Waals surface area contributed by atoms with Crippen molar-refractivity contribution in [3.63, 3.8) is 0 Å². The van der Waals surface area contributed by atoms with Gasteiger partial charge in [0.05, 0.1) is 21.9 Å². The molecule has 0 bridgehead atoms. The van der Waals surface area contributed by atoms with Crippen LogP contribution in [-0.2, 0) is 4.79 Å². The monoisotopic (exact) mass is 404 g/mol. The van der Waals surface area contributed by atoms with Gasteiger partial charge in [-0.05, 0) is 48.2 Å². The van der Waals surface area contributed by atoms with Gasteiger partial charge in [-0.15, -0.1) is 0 Å². The Morgan fingerprint density at radius 3 is 2.68 bits per heavy atom. The fourth-order valence-corrected chi connectivity index (χ4v) is 5.55. The van der Waals surface area contributed by atoms with Crippen molar-refractivity contribution in [1.82, 2.24) is 9.88 Å². The van der Waals surface area contributed by atoms with Gasteiger partial charge in [-0.25, -0.2) is 4.99 Å². The van der Waals surface area contributed by atoms with Crippen molar-refractivity contribution >= 4 is 56.9 Å². The first-order valence-corrected chi connectivity index (χ1v) is 10.4. The number of aromatic nitrogens is 1. The number of para-hydroxylation sites is 1. The average molecular weight is 405 g/mol. The number of anilines is 1. The Morgan fingerprint density at radius 2 is 1.82 bits per heavy atom. The molecule has 1 aromatic heterocycles. The number of nitrogens with zero attached hydrogens (tertiary/aromatic N) is 4. The first kappa shape index (κ1) is 17.3. The summed E-state index contributed by atoms with van der Waals surface area (Å²) < 4.78 is 0. The molecule has 0 saturated carbocycles. The van der Waals surface area contributed by atoms with E-state index in [0.717, 1.165) is 32.2 Å². The second-order valence-corrected chi connectivity index (χ2v) is 8.51. The van der Waals surface area contributed by atoms with Crippen LogP contribution >= 0.6 is 23.5 Å². The SMILES string of the molecule is CN1C(=O)C(=C2Sc3ccccc3N2C)SC1=Nc1ccc2ncccc2c1. The quantitative estimate of drug-likeness (QED) is 0.543. The molecule has 2 aromatic carbocycles. The molecule has 3 heterocycles. The van der Waals surface area contributed by atoms with Crippen LogP contribution in [0.1, 0.15) is 0 Å².